The number of rotatable bonds is 8. The topological polar surface area (TPSA) is 66.5 Å². The number of sulfonamides is 1. The minimum atomic E-state index is -4.09. The van der Waals surface area contributed by atoms with Gasteiger partial charge in [-0.15, -0.1) is 0 Å². The molecule has 36 heavy (non-hydrogen) atoms. The maximum absolute atomic E-state index is 13.7. The van der Waals surface area contributed by atoms with E-state index in [4.69, 9.17) is 23.2 Å². The van der Waals surface area contributed by atoms with Crippen LogP contribution in [0.25, 0.3) is 0 Å². The molecule has 0 fully saturated rings. The Hall–Kier alpha value is -3.32. The Morgan fingerprint density at radius 1 is 0.806 bits per heavy atom. The third-order valence-electron chi connectivity index (χ3n) is 5.66. The summed E-state index contributed by atoms with van der Waals surface area (Å²) in [6.07, 6.45) is 0. The Balaban J connectivity index is 1.70. The SMILES string of the molecule is Cc1ccc(S(=O)(=O)N(CC(=O)NC(c2ccccc2)c2ccccc2)c2ccc(Cl)c(Cl)c2)cc1. The van der Waals surface area contributed by atoms with Crippen molar-refractivity contribution in [3.8, 4) is 0 Å². The summed E-state index contributed by atoms with van der Waals surface area (Å²) >= 11 is 12.3. The number of nitrogens with one attached hydrogen (secondary N) is 1. The van der Waals surface area contributed by atoms with E-state index in [0.29, 0.717) is 0 Å². The lowest BCUT2D eigenvalue weighted by atomic mass is 9.99. The number of nitrogens with zero attached hydrogens (tertiary/aromatic N) is 1. The van der Waals surface area contributed by atoms with Crippen LogP contribution in [0.2, 0.25) is 10.0 Å². The molecule has 0 atom stereocenters. The normalized spacial score (nSPS) is 11.3. The van der Waals surface area contributed by atoms with Gasteiger partial charge in [-0.05, 0) is 48.4 Å². The monoisotopic (exact) mass is 538 g/mol. The first-order chi connectivity index (χ1) is 17.3. The first kappa shape index (κ1) is 25.8. The van der Waals surface area contributed by atoms with Gasteiger partial charge in [0.15, 0.2) is 0 Å². The molecule has 0 aliphatic carbocycles. The number of anilines is 1. The summed E-state index contributed by atoms with van der Waals surface area (Å²) in [5.41, 5.74) is 2.90. The van der Waals surface area contributed by atoms with E-state index in [1.165, 1.54) is 30.3 Å². The molecule has 0 heterocycles. The molecule has 184 valence electrons. The lowest BCUT2D eigenvalue weighted by Crippen LogP contribution is -2.42. The number of carbonyl (C=O) groups excluding carboxylic acids is 1. The van der Waals surface area contributed by atoms with Crippen LogP contribution < -0.4 is 9.62 Å². The smallest absolute Gasteiger partial charge is 0.264 e. The highest BCUT2D eigenvalue weighted by Gasteiger charge is 2.29. The van der Waals surface area contributed by atoms with E-state index < -0.39 is 28.5 Å². The molecule has 1 N–H and O–H groups in total. The largest absolute Gasteiger partial charge is 0.344 e. The van der Waals surface area contributed by atoms with Crippen LogP contribution in [0.15, 0.2) is 108 Å². The molecule has 4 aromatic rings. The third kappa shape index (κ3) is 5.90. The summed E-state index contributed by atoms with van der Waals surface area (Å²) in [6.45, 7) is 1.41. The van der Waals surface area contributed by atoms with E-state index in [9.17, 15) is 13.2 Å². The molecule has 0 radical (unpaired) electrons. The molecule has 0 saturated heterocycles. The quantitative estimate of drug-likeness (QED) is 0.282. The number of aryl methyl sites for hydroxylation is 1. The second kappa shape index (κ2) is 11.2. The molecule has 0 aliphatic heterocycles. The molecule has 0 bridgehead atoms. The average molecular weight is 539 g/mol. The van der Waals surface area contributed by atoms with Gasteiger partial charge in [0.2, 0.25) is 5.91 Å². The summed E-state index contributed by atoms with van der Waals surface area (Å²) < 4.78 is 28.4. The van der Waals surface area contributed by atoms with Crippen molar-refractivity contribution in [3.63, 3.8) is 0 Å². The zero-order valence-electron chi connectivity index (χ0n) is 19.4. The molecule has 0 aliphatic rings. The second-order valence-corrected chi connectivity index (χ2v) is 10.9. The molecule has 8 heteroatoms. The van der Waals surface area contributed by atoms with E-state index in [0.717, 1.165) is 21.0 Å². The number of hydrogen-bond acceptors (Lipinski definition) is 3. The van der Waals surface area contributed by atoms with Crippen molar-refractivity contribution in [1.29, 1.82) is 0 Å². The number of benzene rings is 4. The Kier molecular flexibility index (Phi) is 7.99. The highest BCUT2D eigenvalue weighted by atomic mass is 35.5. The third-order valence-corrected chi connectivity index (χ3v) is 8.19. The van der Waals surface area contributed by atoms with Gasteiger partial charge >= 0.3 is 0 Å². The predicted molar refractivity (Wildman–Crippen MR) is 145 cm³/mol. The zero-order valence-corrected chi connectivity index (χ0v) is 21.8. The number of halogens is 2. The fourth-order valence-corrected chi connectivity index (χ4v) is 5.48. The van der Waals surface area contributed by atoms with Crippen LogP contribution in [0.1, 0.15) is 22.7 Å². The summed E-state index contributed by atoms with van der Waals surface area (Å²) in [5, 5.41) is 3.47. The summed E-state index contributed by atoms with van der Waals surface area (Å²) in [7, 11) is -4.09. The summed E-state index contributed by atoms with van der Waals surface area (Å²) in [6, 6.07) is 29.5. The number of amides is 1. The molecule has 0 spiro atoms. The molecule has 0 unspecified atom stereocenters. The fraction of sp³-hybridized carbons (Fsp3) is 0.107. The van der Waals surface area contributed by atoms with Gasteiger partial charge in [-0.3, -0.25) is 9.10 Å². The van der Waals surface area contributed by atoms with Crippen molar-refractivity contribution in [2.45, 2.75) is 17.9 Å². The van der Waals surface area contributed by atoms with Gasteiger partial charge in [0.25, 0.3) is 10.0 Å². The Labute approximate surface area is 221 Å². The summed E-state index contributed by atoms with van der Waals surface area (Å²) in [5.74, 6) is -0.477. The molecule has 5 nitrogen and oxygen atoms in total. The molecular formula is C28H24Cl2N2O3S. The van der Waals surface area contributed by atoms with Crippen molar-refractivity contribution >= 4 is 44.8 Å². The maximum Gasteiger partial charge on any atom is 0.264 e. The van der Waals surface area contributed by atoms with Gasteiger partial charge in [-0.2, -0.15) is 0 Å². The van der Waals surface area contributed by atoms with Gasteiger partial charge in [0.05, 0.1) is 26.7 Å². The predicted octanol–water partition coefficient (Wildman–Crippen LogP) is 6.40. The minimum absolute atomic E-state index is 0.0645. The van der Waals surface area contributed by atoms with Gasteiger partial charge < -0.3 is 5.32 Å². The van der Waals surface area contributed by atoms with Crippen LogP contribution in [-0.2, 0) is 14.8 Å². The highest BCUT2D eigenvalue weighted by Crippen LogP contribution is 2.31. The number of carbonyl (C=O) groups is 1. The average Bonchev–Trinajstić information content (AvgIpc) is 2.89. The molecular weight excluding hydrogens is 515 g/mol. The molecule has 1 amide bonds. The minimum Gasteiger partial charge on any atom is -0.344 e. The number of hydrogen-bond donors (Lipinski definition) is 1. The molecule has 0 saturated carbocycles. The zero-order chi connectivity index (χ0) is 25.7. The van der Waals surface area contributed by atoms with Crippen LogP contribution in [0.4, 0.5) is 5.69 Å². The lowest BCUT2D eigenvalue weighted by Gasteiger charge is -2.26. The maximum atomic E-state index is 13.7. The van der Waals surface area contributed by atoms with E-state index >= 15 is 0 Å². The van der Waals surface area contributed by atoms with Crippen molar-refractivity contribution < 1.29 is 13.2 Å². The van der Waals surface area contributed by atoms with E-state index in [1.807, 2.05) is 67.6 Å². The molecule has 0 aromatic heterocycles. The van der Waals surface area contributed by atoms with Crippen molar-refractivity contribution in [3.05, 3.63) is 130 Å². The van der Waals surface area contributed by atoms with Crippen LogP contribution in [0.5, 0.6) is 0 Å². The van der Waals surface area contributed by atoms with Gasteiger partial charge in [0.1, 0.15) is 6.54 Å². The van der Waals surface area contributed by atoms with Gasteiger partial charge in [-0.1, -0.05) is 102 Å². The second-order valence-electron chi connectivity index (χ2n) is 8.25. The summed E-state index contributed by atoms with van der Waals surface area (Å²) in [4.78, 5) is 13.5. The van der Waals surface area contributed by atoms with Crippen molar-refractivity contribution in [1.82, 2.24) is 5.32 Å². The van der Waals surface area contributed by atoms with Crippen molar-refractivity contribution in [2.75, 3.05) is 10.8 Å². The Bertz CT molecular complexity index is 1410. The van der Waals surface area contributed by atoms with Crippen LogP contribution in [-0.4, -0.2) is 20.9 Å². The van der Waals surface area contributed by atoms with Crippen LogP contribution >= 0.6 is 23.2 Å². The molecule has 4 aromatic carbocycles. The van der Waals surface area contributed by atoms with Crippen LogP contribution in [0, 0.1) is 6.92 Å². The first-order valence-corrected chi connectivity index (χ1v) is 13.4. The standard InChI is InChI=1S/C28H24Cl2N2O3S/c1-20-12-15-24(16-13-20)36(34,35)32(23-14-17-25(29)26(30)18-23)19-27(33)31-28(21-8-4-2-5-9-21)22-10-6-3-7-11-22/h2-18,28H,19H2,1H3,(H,31,33). The van der Waals surface area contributed by atoms with E-state index in [2.05, 4.69) is 5.32 Å². The lowest BCUT2D eigenvalue weighted by molar-refractivity contribution is -0.120. The van der Waals surface area contributed by atoms with Crippen molar-refractivity contribution in [2.24, 2.45) is 0 Å². The Morgan fingerprint density at radius 3 is 1.89 bits per heavy atom. The first-order valence-electron chi connectivity index (χ1n) is 11.2. The van der Waals surface area contributed by atoms with E-state index in [1.54, 1.807) is 12.1 Å². The Morgan fingerprint density at radius 2 is 1.36 bits per heavy atom. The molecule has 4 rings (SSSR count). The highest BCUT2D eigenvalue weighted by molar-refractivity contribution is 7.92. The fourth-order valence-electron chi connectivity index (χ4n) is 3.78. The van der Waals surface area contributed by atoms with Crippen LogP contribution in [0.3, 0.4) is 0 Å². The van der Waals surface area contributed by atoms with E-state index in [-0.39, 0.29) is 20.6 Å². The van der Waals surface area contributed by atoms with Gasteiger partial charge in [0, 0.05) is 0 Å². The van der Waals surface area contributed by atoms with Gasteiger partial charge in [-0.25, -0.2) is 8.42 Å².